The third-order valence-corrected chi connectivity index (χ3v) is 5.02. The highest BCUT2D eigenvalue weighted by Gasteiger charge is 2.12. The van der Waals surface area contributed by atoms with Crippen molar-refractivity contribution in [3.05, 3.63) is 56.5 Å². The summed E-state index contributed by atoms with van der Waals surface area (Å²) in [7, 11) is 1.28. The summed E-state index contributed by atoms with van der Waals surface area (Å²) in [6, 6.07) is 8.18. The lowest BCUT2D eigenvalue weighted by Gasteiger charge is -2.11. The van der Waals surface area contributed by atoms with E-state index < -0.39 is 5.97 Å². The van der Waals surface area contributed by atoms with Gasteiger partial charge in [0.25, 0.3) is 5.91 Å². The van der Waals surface area contributed by atoms with E-state index in [0.717, 1.165) is 15.6 Å². The molecule has 7 heteroatoms. The van der Waals surface area contributed by atoms with Crippen LogP contribution in [0, 0.1) is 13.8 Å². The van der Waals surface area contributed by atoms with Crippen molar-refractivity contribution in [3.8, 4) is 5.75 Å². The molecule has 1 amide bonds. The summed E-state index contributed by atoms with van der Waals surface area (Å²) in [6.07, 6.45) is 0. The molecule has 0 atom stereocenters. The second-order valence-corrected chi connectivity index (χ2v) is 6.59. The largest absolute Gasteiger partial charge is 0.484 e. The Morgan fingerprint density at radius 3 is 2.40 bits per heavy atom. The van der Waals surface area contributed by atoms with E-state index in [2.05, 4.69) is 26.0 Å². The minimum absolute atomic E-state index is 0.181. The first-order chi connectivity index (χ1) is 11.8. The number of hydrogen-bond donors (Lipinski definition) is 1. The maximum atomic E-state index is 12.1. The van der Waals surface area contributed by atoms with E-state index in [1.807, 2.05) is 26.0 Å². The zero-order valence-electron chi connectivity index (χ0n) is 14.0. The Bertz CT molecular complexity index is 800. The fourth-order valence-electron chi connectivity index (χ4n) is 2.19. The first-order valence-corrected chi connectivity index (χ1v) is 8.56. The molecule has 0 aliphatic rings. The van der Waals surface area contributed by atoms with Crippen LogP contribution in [0.5, 0.6) is 5.75 Å². The van der Waals surface area contributed by atoms with Crippen molar-refractivity contribution in [1.82, 2.24) is 0 Å². The van der Waals surface area contributed by atoms with Crippen LogP contribution in [0.1, 0.15) is 21.5 Å². The van der Waals surface area contributed by atoms with E-state index in [4.69, 9.17) is 16.3 Å². The van der Waals surface area contributed by atoms with Gasteiger partial charge in [-0.3, -0.25) is 4.79 Å². The summed E-state index contributed by atoms with van der Waals surface area (Å²) in [6.45, 7) is 3.71. The molecular formula is C18H17BrClNO4. The third kappa shape index (κ3) is 4.96. The molecule has 0 radical (unpaired) electrons. The number of carbonyl (C=O) groups excluding carboxylic acids is 2. The number of benzene rings is 2. The quantitative estimate of drug-likeness (QED) is 0.714. The molecule has 2 aromatic carbocycles. The van der Waals surface area contributed by atoms with Gasteiger partial charge in [0, 0.05) is 4.47 Å². The van der Waals surface area contributed by atoms with E-state index in [1.54, 1.807) is 0 Å². The molecule has 25 heavy (non-hydrogen) atoms. The number of hydrogen-bond acceptors (Lipinski definition) is 4. The van der Waals surface area contributed by atoms with Crippen LogP contribution in [0.3, 0.4) is 0 Å². The molecular weight excluding hydrogens is 410 g/mol. The topological polar surface area (TPSA) is 64.6 Å². The predicted molar refractivity (Wildman–Crippen MR) is 101 cm³/mol. The number of ether oxygens (including phenoxy) is 2. The Kier molecular flexibility index (Phi) is 6.45. The van der Waals surface area contributed by atoms with Crippen LogP contribution >= 0.6 is 27.5 Å². The maximum Gasteiger partial charge on any atom is 0.337 e. The summed E-state index contributed by atoms with van der Waals surface area (Å²) in [5.41, 5.74) is 2.65. The number of anilines is 1. The molecule has 0 aliphatic heterocycles. The lowest BCUT2D eigenvalue weighted by molar-refractivity contribution is -0.118. The van der Waals surface area contributed by atoms with Crippen molar-refractivity contribution in [2.75, 3.05) is 19.0 Å². The normalized spacial score (nSPS) is 10.3. The van der Waals surface area contributed by atoms with Gasteiger partial charge in [0.1, 0.15) is 5.75 Å². The van der Waals surface area contributed by atoms with E-state index in [-0.39, 0.29) is 12.5 Å². The van der Waals surface area contributed by atoms with E-state index in [0.29, 0.717) is 22.0 Å². The molecule has 0 heterocycles. The minimum Gasteiger partial charge on any atom is -0.484 e. The fraction of sp³-hybridized carbons (Fsp3) is 0.222. The van der Waals surface area contributed by atoms with Gasteiger partial charge in [-0.2, -0.15) is 0 Å². The van der Waals surface area contributed by atoms with Gasteiger partial charge in [0.2, 0.25) is 0 Å². The molecule has 2 rings (SSSR count). The second kappa shape index (κ2) is 8.36. The second-order valence-electron chi connectivity index (χ2n) is 5.39. The summed E-state index contributed by atoms with van der Waals surface area (Å²) < 4.78 is 11.2. The summed E-state index contributed by atoms with van der Waals surface area (Å²) in [5, 5.41) is 2.94. The van der Waals surface area contributed by atoms with Crippen LogP contribution in [-0.2, 0) is 9.53 Å². The van der Waals surface area contributed by atoms with Crippen molar-refractivity contribution in [3.63, 3.8) is 0 Å². The molecule has 0 unspecified atom stereocenters. The maximum absolute atomic E-state index is 12.1. The Labute approximate surface area is 159 Å². The molecule has 0 fully saturated rings. The minimum atomic E-state index is -0.510. The molecule has 2 aromatic rings. The van der Waals surface area contributed by atoms with Gasteiger partial charge < -0.3 is 14.8 Å². The number of aryl methyl sites for hydroxylation is 2. The highest BCUT2D eigenvalue weighted by Crippen LogP contribution is 2.27. The van der Waals surface area contributed by atoms with E-state index >= 15 is 0 Å². The first-order valence-electron chi connectivity index (χ1n) is 7.39. The van der Waals surface area contributed by atoms with Crippen LogP contribution in [-0.4, -0.2) is 25.6 Å². The molecule has 0 spiro atoms. The lowest BCUT2D eigenvalue weighted by atomic mass is 10.1. The Hall–Kier alpha value is -2.05. The summed E-state index contributed by atoms with van der Waals surface area (Å²) in [4.78, 5) is 23.7. The van der Waals surface area contributed by atoms with Gasteiger partial charge in [0.05, 0.1) is 23.4 Å². The van der Waals surface area contributed by atoms with Crippen LogP contribution in [0.25, 0.3) is 0 Å². The van der Waals surface area contributed by atoms with Crippen LogP contribution < -0.4 is 10.1 Å². The van der Waals surface area contributed by atoms with Crippen molar-refractivity contribution in [2.45, 2.75) is 13.8 Å². The van der Waals surface area contributed by atoms with Gasteiger partial charge in [-0.1, -0.05) is 27.5 Å². The Morgan fingerprint density at radius 2 is 1.80 bits per heavy atom. The van der Waals surface area contributed by atoms with Crippen LogP contribution in [0.4, 0.5) is 5.69 Å². The van der Waals surface area contributed by atoms with Gasteiger partial charge in [0.15, 0.2) is 6.61 Å². The number of rotatable bonds is 5. The van der Waals surface area contributed by atoms with E-state index in [1.165, 1.54) is 25.3 Å². The van der Waals surface area contributed by atoms with Gasteiger partial charge in [-0.25, -0.2) is 4.79 Å². The number of halogens is 2. The number of methoxy groups -OCH3 is 1. The Balaban J connectivity index is 2.04. The first kappa shape index (κ1) is 19.3. The molecule has 0 saturated carbocycles. The highest BCUT2D eigenvalue weighted by atomic mass is 79.9. The average Bonchev–Trinajstić information content (AvgIpc) is 2.58. The zero-order chi connectivity index (χ0) is 18.6. The van der Waals surface area contributed by atoms with Gasteiger partial charge in [-0.15, -0.1) is 0 Å². The number of carbonyl (C=O) groups is 2. The van der Waals surface area contributed by atoms with Crippen molar-refractivity contribution < 1.29 is 19.1 Å². The summed E-state index contributed by atoms with van der Waals surface area (Å²) >= 11 is 9.53. The molecule has 0 aliphatic carbocycles. The zero-order valence-corrected chi connectivity index (χ0v) is 16.3. The molecule has 1 N–H and O–H groups in total. The molecule has 132 valence electrons. The Morgan fingerprint density at radius 1 is 1.16 bits per heavy atom. The smallest absolute Gasteiger partial charge is 0.337 e. The number of esters is 1. The van der Waals surface area contributed by atoms with Crippen LogP contribution in [0.15, 0.2) is 34.8 Å². The van der Waals surface area contributed by atoms with Crippen LogP contribution in [0.2, 0.25) is 5.02 Å². The van der Waals surface area contributed by atoms with Crippen molar-refractivity contribution >= 4 is 45.1 Å². The fourth-order valence-corrected chi connectivity index (χ4v) is 2.58. The SMILES string of the molecule is COC(=O)c1ccc(Cl)c(NC(=O)COc2cc(C)c(Br)c(C)c2)c1. The standard InChI is InChI=1S/C18H17BrClNO4/c1-10-6-13(7-11(2)17(10)19)25-9-16(22)21-15-8-12(18(23)24-3)4-5-14(15)20/h4-8H,9H2,1-3H3,(H,21,22). The average molecular weight is 427 g/mol. The molecule has 5 nitrogen and oxygen atoms in total. The number of nitrogens with one attached hydrogen (secondary N) is 1. The third-order valence-electron chi connectivity index (χ3n) is 3.44. The lowest BCUT2D eigenvalue weighted by Crippen LogP contribution is -2.20. The summed E-state index contributed by atoms with van der Waals surface area (Å²) in [5.74, 6) is -0.297. The van der Waals surface area contributed by atoms with Gasteiger partial charge in [-0.05, 0) is 55.3 Å². The van der Waals surface area contributed by atoms with Crippen molar-refractivity contribution in [1.29, 1.82) is 0 Å². The predicted octanol–water partition coefficient (Wildman–Crippen LogP) is 4.52. The highest BCUT2D eigenvalue weighted by molar-refractivity contribution is 9.10. The monoisotopic (exact) mass is 425 g/mol. The molecule has 0 aromatic heterocycles. The molecule has 0 bridgehead atoms. The van der Waals surface area contributed by atoms with Gasteiger partial charge >= 0.3 is 5.97 Å². The van der Waals surface area contributed by atoms with E-state index in [9.17, 15) is 9.59 Å². The number of amides is 1. The van der Waals surface area contributed by atoms with Crippen molar-refractivity contribution in [2.24, 2.45) is 0 Å². The molecule has 0 saturated heterocycles.